The second-order valence-electron chi connectivity index (χ2n) is 5.29. The molecule has 1 saturated heterocycles. The number of pyridine rings is 1. The highest BCUT2D eigenvalue weighted by Crippen LogP contribution is 2.28. The third kappa shape index (κ3) is 4.25. The zero-order valence-electron chi connectivity index (χ0n) is 12.8. The van der Waals surface area contributed by atoms with E-state index in [9.17, 15) is 5.11 Å². The van der Waals surface area contributed by atoms with Gasteiger partial charge in [0, 0.05) is 49.3 Å². The van der Waals surface area contributed by atoms with Crippen LogP contribution in [0, 0.1) is 6.92 Å². The highest BCUT2D eigenvalue weighted by Gasteiger charge is 2.17. The lowest BCUT2D eigenvalue weighted by Gasteiger charge is -2.30. The van der Waals surface area contributed by atoms with Crippen LogP contribution < -0.4 is 10.2 Å². The Morgan fingerprint density at radius 3 is 2.78 bits per heavy atom. The summed E-state index contributed by atoms with van der Waals surface area (Å²) in [6, 6.07) is 5.34. The number of thioether (sulfide) groups is 1. The van der Waals surface area contributed by atoms with Crippen molar-refractivity contribution in [3.05, 3.63) is 34.6 Å². The minimum Gasteiger partial charge on any atom is -0.493 e. The number of hydrogen-bond acceptors (Lipinski definition) is 7. The van der Waals surface area contributed by atoms with Gasteiger partial charge in [-0.05, 0) is 13.0 Å². The number of aryl methyl sites for hydroxylation is 1. The third-order valence-electron chi connectivity index (χ3n) is 3.52. The highest BCUT2D eigenvalue weighted by molar-refractivity contribution is 7.98. The molecule has 0 bridgehead atoms. The van der Waals surface area contributed by atoms with E-state index in [1.807, 2.05) is 13.0 Å². The molecule has 8 heteroatoms. The maximum Gasteiger partial charge on any atom is 0.215 e. The molecule has 2 aromatic rings. The van der Waals surface area contributed by atoms with Crippen LogP contribution in [-0.2, 0) is 5.75 Å². The molecule has 1 aliphatic heterocycles. The molecule has 0 saturated carbocycles. The molecule has 3 heterocycles. The summed E-state index contributed by atoms with van der Waals surface area (Å²) < 4.78 is 0. The summed E-state index contributed by atoms with van der Waals surface area (Å²) in [4.78, 5) is 15.1. The summed E-state index contributed by atoms with van der Waals surface area (Å²) in [5.41, 5.74) is 1.84. The zero-order valence-corrected chi connectivity index (χ0v) is 14.4. The number of nitrogens with one attached hydrogen (secondary N) is 1. The minimum atomic E-state index is -0.00319. The van der Waals surface area contributed by atoms with Crippen LogP contribution in [0.2, 0.25) is 5.15 Å². The Kier molecular flexibility index (Phi) is 5.20. The fourth-order valence-corrected chi connectivity index (χ4v) is 3.47. The molecule has 1 fully saturated rings. The number of piperazine rings is 1. The summed E-state index contributed by atoms with van der Waals surface area (Å²) in [7, 11) is 0. The fraction of sp³-hybridized carbons (Fsp3) is 0.400. The molecule has 2 N–H and O–H groups in total. The van der Waals surface area contributed by atoms with E-state index in [0.29, 0.717) is 16.1 Å². The van der Waals surface area contributed by atoms with Crippen molar-refractivity contribution in [1.82, 2.24) is 20.3 Å². The van der Waals surface area contributed by atoms with Gasteiger partial charge in [-0.25, -0.2) is 9.97 Å². The fourth-order valence-electron chi connectivity index (χ4n) is 2.45. The van der Waals surface area contributed by atoms with Crippen LogP contribution in [0.5, 0.6) is 5.88 Å². The topological polar surface area (TPSA) is 74.2 Å². The number of anilines is 1. The normalized spacial score (nSPS) is 15.0. The lowest BCUT2D eigenvalue weighted by molar-refractivity contribution is 0.444. The molecular weight excluding hydrogens is 334 g/mol. The Morgan fingerprint density at radius 1 is 1.26 bits per heavy atom. The van der Waals surface area contributed by atoms with Gasteiger partial charge in [-0.3, -0.25) is 0 Å². The van der Waals surface area contributed by atoms with Crippen LogP contribution in [0.25, 0.3) is 0 Å². The molecule has 0 spiro atoms. The van der Waals surface area contributed by atoms with Crippen molar-refractivity contribution in [2.24, 2.45) is 0 Å². The molecule has 0 unspecified atom stereocenters. The van der Waals surface area contributed by atoms with Gasteiger partial charge in [0.05, 0.1) is 0 Å². The van der Waals surface area contributed by atoms with Crippen molar-refractivity contribution >= 4 is 29.2 Å². The number of rotatable bonds is 4. The van der Waals surface area contributed by atoms with Gasteiger partial charge in [0.2, 0.25) is 5.88 Å². The van der Waals surface area contributed by atoms with Gasteiger partial charge in [-0.2, -0.15) is 4.98 Å². The predicted octanol–water partition coefficient (Wildman–Crippen LogP) is 2.24. The van der Waals surface area contributed by atoms with Gasteiger partial charge in [-0.15, -0.1) is 0 Å². The van der Waals surface area contributed by atoms with Crippen molar-refractivity contribution in [2.45, 2.75) is 17.8 Å². The van der Waals surface area contributed by atoms with E-state index in [4.69, 9.17) is 11.6 Å². The molecular formula is C15H18ClN5OS. The first-order valence-corrected chi connectivity index (χ1v) is 8.77. The number of hydrogen-bond donors (Lipinski definition) is 2. The van der Waals surface area contributed by atoms with E-state index in [2.05, 4.69) is 25.2 Å². The lowest BCUT2D eigenvalue weighted by Crippen LogP contribution is -2.44. The maximum atomic E-state index is 9.58. The maximum absolute atomic E-state index is 9.58. The first-order chi connectivity index (χ1) is 11.1. The smallest absolute Gasteiger partial charge is 0.215 e. The quantitative estimate of drug-likeness (QED) is 0.497. The van der Waals surface area contributed by atoms with Crippen LogP contribution in [0.15, 0.2) is 23.4 Å². The van der Waals surface area contributed by atoms with Crippen LogP contribution in [0.4, 0.5) is 5.82 Å². The summed E-state index contributed by atoms with van der Waals surface area (Å²) in [5.74, 6) is 1.59. The monoisotopic (exact) mass is 351 g/mol. The van der Waals surface area contributed by atoms with Crippen molar-refractivity contribution in [2.75, 3.05) is 31.1 Å². The van der Waals surface area contributed by atoms with Gasteiger partial charge in [0.15, 0.2) is 5.16 Å². The van der Waals surface area contributed by atoms with Crippen molar-refractivity contribution in [3.8, 4) is 5.88 Å². The molecule has 0 atom stereocenters. The second-order valence-corrected chi connectivity index (χ2v) is 6.62. The lowest BCUT2D eigenvalue weighted by atomic mass is 10.2. The first kappa shape index (κ1) is 16.3. The Bertz CT molecular complexity index is 673. The SMILES string of the molecule is Cc1cc(O)nc(SCc2ccc(Cl)nc2N2CCNCC2)n1. The summed E-state index contributed by atoms with van der Waals surface area (Å²) >= 11 is 7.56. The second kappa shape index (κ2) is 7.33. The Labute approximate surface area is 144 Å². The van der Waals surface area contributed by atoms with E-state index in [-0.39, 0.29) is 5.88 Å². The summed E-state index contributed by atoms with van der Waals surface area (Å²) in [6.45, 7) is 5.53. The van der Waals surface area contributed by atoms with Gasteiger partial charge in [-0.1, -0.05) is 29.4 Å². The summed E-state index contributed by atoms with van der Waals surface area (Å²) in [6.07, 6.45) is 0. The van der Waals surface area contributed by atoms with E-state index in [0.717, 1.165) is 43.3 Å². The van der Waals surface area contributed by atoms with Crippen molar-refractivity contribution < 1.29 is 5.11 Å². The molecule has 6 nitrogen and oxygen atoms in total. The molecule has 0 amide bonds. The standard InChI is InChI=1S/C15H18ClN5OS/c1-10-8-13(22)20-15(18-10)23-9-11-2-3-12(16)19-14(11)21-6-4-17-5-7-21/h2-3,8,17H,4-7,9H2,1H3,(H,18,20,22). The molecule has 0 aliphatic carbocycles. The average Bonchev–Trinajstić information content (AvgIpc) is 2.53. The molecule has 3 rings (SSSR count). The van der Waals surface area contributed by atoms with Crippen LogP contribution in [0.3, 0.4) is 0 Å². The summed E-state index contributed by atoms with van der Waals surface area (Å²) in [5, 5.41) is 14.0. The van der Waals surface area contributed by atoms with Crippen LogP contribution in [0.1, 0.15) is 11.3 Å². The van der Waals surface area contributed by atoms with Crippen molar-refractivity contribution in [3.63, 3.8) is 0 Å². The number of aromatic hydroxyl groups is 1. The van der Waals surface area contributed by atoms with E-state index < -0.39 is 0 Å². The average molecular weight is 352 g/mol. The third-order valence-corrected chi connectivity index (χ3v) is 4.62. The Hall–Kier alpha value is -1.57. The van der Waals surface area contributed by atoms with Gasteiger partial charge in [0.1, 0.15) is 11.0 Å². The molecule has 0 radical (unpaired) electrons. The zero-order chi connectivity index (χ0) is 16.2. The molecule has 1 aliphatic rings. The van der Waals surface area contributed by atoms with Crippen molar-refractivity contribution in [1.29, 1.82) is 0 Å². The van der Waals surface area contributed by atoms with E-state index >= 15 is 0 Å². The Balaban J connectivity index is 1.79. The van der Waals surface area contributed by atoms with E-state index in [1.165, 1.54) is 11.8 Å². The first-order valence-electron chi connectivity index (χ1n) is 7.40. The Morgan fingerprint density at radius 2 is 2.04 bits per heavy atom. The highest BCUT2D eigenvalue weighted by atomic mass is 35.5. The van der Waals surface area contributed by atoms with E-state index in [1.54, 1.807) is 12.1 Å². The number of nitrogens with zero attached hydrogens (tertiary/aromatic N) is 4. The number of halogens is 1. The molecule has 0 aromatic carbocycles. The van der Waals surface area contributed by atoms with Gasteiger partial charge in [0.25, 0.3) is 0 Å². The molecule has 122 valence electrons. The number of aromatic nitrogens is 3. The van der Waals surface area contributed by atoms with Crippen LogP contribution in [-0.4, -0.2) is 46.2 Å². The van der Waals surface area contributed by atoms with Gasteiger partial charge < -0.3 is 15.3 Å². The predicted molar refractivity (Wildman–Crippen MR) is 92.3 cm³/mol. The molecule has 23 heavy (non-hydrogen) atoms. The van der Waals surface area contributed by atoms with Crippen LogP contribution >= 0.6 is 23.4 Å². The minimum absolute atomic E-state index is 0.00319. The largest absolute Gasteiger partial charge is 0.493 e. The molecule has 2 aromatic heterocycles. The van der Waals surface area contributed by atoms with Gasteiger partial charge >= 0.3 is 0 Å².